The van der Waals surface area contributed by atoms with E-state index in [-0.39, 0.29) is 0 Å². The van der Waals surface area contributed by atoms with Gasteiger partial charge < -0.3 is 0 Å². The average molecular weight is 361 g/mol. The maximum atomic E-state index is 5.30. The van der Waals surface area contributed by atoms with Crippen molar-refractivity contribution in [2.24, 2.45) is 5.10 Å². The quantitative estimate of drug-likeness (QED) is 0.446. The van der Waals surface area contributed by atoms with E-state index in [1.54, 1.807) is 23.3 Å². The number of rotatable bonds is 4. The summed E-state index contributed by atoms with van der Waals surface area (Å²) in [5, 5.41) is 16.1. The molecule has 0 atom stereocenters. The Labute approximate surface area is 154 Å². The van der Waals surface area contributed by atoms with Gasteiger partial charge in [0.25, 0.3) is 0 Å². The lowest BCUT2D eigenvalue weighted by Crippen LogP contribution is -1.95. The van der Waals surface area contributed by atoms with E-state index in [1.807, 2.05) is 60.3 Å². The fourth-order valence-corrected chi connectivity index (χ4v) is 2.70. The first-order valence-electron chi connectivity index (χ1n) is 7.96. The van der Waals surface area contributed by atoms with Gasteiger partial charge in [0.05, 0.1) is 17.6 Å². The van der Waals surface area contributed by atoms with Crippen LogP contribution in [0.4, 0.5) is 0 Å². The van der Waals surface area contributed by atoms with Crippen LogP contribution in [0, 0.1) is 11.7 Å². The number of aromatic nitrogens is 6. The molecule has 3 aromatic heterocycles. The Morgan fingerprint density at radius 1 is 1.12 bits per heavy atom. The molecule has 0 aliphatic heterocycles. The Morgan fingerprint density at radius 2 is 1.88 bits per heavy atom. The van der Waals surface area contributed by atoms with Gasteiger partial charge in [0.1, 0.15) is 0 Å². The van der Waals surface area contributed by atoms with E-state index in [0.29, 0.717) is 10.6 Å². The van der Waals surface area contributed by atoms with Crippen LogP contribution < -0.4 is 0 Å². The van der Waals surface area contributed by atoms with Crippen molar-refractivity contribution in [1.29, 1.82) is 0 Å². The molecule has 4 aromatic rings. The summed E-state index contributed by atoms with van der Waals surface area (Å²) in [6.07, 6.45) is 7.08. The third-order valence-electron chi connectivity index (χ3n) is 3.86. The zero-order valence-corrected chi connectivity index (χ0v) is 14.8. The van der Waals surface area contributed by atoms with Crippen LogP contribution >= 0.6 is 12.2 Å². The first kappa shape index (κ1) is 16.1. The molecule has 26 heavy (non-hydrogen) atoms. The average Bonchev–Trinajstić information content (AvgIpc) is 3.24. The van der Waals surface area contributed by atoms with Crippen LogP contribution in [-0.2, 0) is 0 Å². The number of pyridine rings is 1. The van der Waals surface area contributed by atoms with Crippen LogP contribution in [-0.4, -0.2) is 35.9 Å². The van der Waals surface area contributed by atoms with Crippen LogP contribution in [0.1, 0.15) is 11.3 Å². The molecule has 0 amide bonds. The highest BCUT2D eigenvalue weighted by molar-refractivity contribution is 7.71. The highest BCUT2D eigenvalue weighted by Crippen LogP contribution is 2.16. The Bertz CT molecular complexity index is 1110. The van der Waals surface area contributed by atoms with Crippen LogP contribution in [0.2, 0.25) is 0 Å². The molecule has 0 bridgehead atoms. The van der Waals surface area contributed by atoms with Crippen molar-refractivity contribution in [3.8, 4) is 17.1 Å². The number of nitrogens with zero attached hydrogens (tertiary/aromatic N) is 6. The van der Waals surface area contributed by atoms with E-state index < -0.39 is 0 Å². The molecule has 0 spiro atoms. The molecule has 1 N–H and O–H groups in total. The molecule has 7 nitrogen and oxygen atoms in total. The standard InChI is InChI=1S/C18H15N7S/c1-13-15(12-24(23-13)16-5-3-2-4-6-16)11-20-25-17(21-22-18(25)26)14-7-9-19-10-8-14/h2-12H,1H3,(H,22,26). The zero-order chi connectivity index (χ0) is 17.9. The van der Waals surface area contributed by atoms with Crippen LogP contribution in [0.5, 0.6) is 0 Å². The van der Waals surface area contributed by atoms with Crippen molar-refractivity contribution in [2.45, 2.75) is 6.92 Å². The number of nitrogens with one attached hydrogen (secondary N) is 1. The number of para-hydroxylation sites is 1. The largest absolute Gasteiger partial charge is 0.265 e. The Hall–Kier alpha value is -3.39. The van der Waals surface area contributed by atoms with Crippen LogP contribution in [0.15, 0.2) is 66.2 Å². The van der Waals surface area contributed by atoms with E-state index in [4.69, 9.17) is 12.2 Å². The van der Waals surface area contributed by atoms with Gasteiger partial charge in [-0.3, -0.25) is 4.98 Å². The fourth-order valence-electron chi connectivity index (χ4n) is 2.52. The van der Waals surface area contributed by atoms with E-state index in [0.717, 1.165) is 22.5 Å². The SMILES string of the molecule is Cc1nn(-c2ccccc2)cc1C=Nn1c(-c2ccncc2)n[nH]c1=S. The van der Waals surface area contributed by atoms with Crippen molar-refractivity contribution >= 4 is 18.4 Å². The summed E-state index contributed by atoms with van der Waals surface area (Å²) in [5.41, 5.74) is 3.64. The topological polar surface area (TPSA) is 76.7 Å². The second kappa shape index (κ2) is 6.85. The minimum atomic E-state index is 0.418. The predicted octanol–water partition coefficient (Wildman–Crippen LogP) is 3.38. The van der Waals surface area contributed by atoms with Gasteiger partial charge in [-0.1, -0.05) is 18.2 Å². The lowest BCUT2D eigenvalue weighted by atomic mass is 10.2. The summed E-state index contributed by atoms with van der Waals surface area (Å²) >= 11 is 5.30. The molecule has 3 heterocycles. The number of H-pyrrole nitrogens is 1. The molecule has 0 unspecified atom stereocenters. The lowest BCUT2D eigenvalue weighted by Gasteiger charge is -1.99. The molecule has 1 aromatic carbocycles. The Kier molecular flexibility index (Phi) is 4.24. The van der Waals surface area contributed by atoms with Gasteiger partial charge in [0.2, 0.25) is 4.77 Å². The van der Waals surface area contributed by atoms with Crippen molar-refractivity contribution in [3.63, 3.8) is 0 Å². The number of hydrogen-bond donors (Lipinski definition) is 1. The highest BCUT2D eigenvalue weighted by atomic mass is 32.1. The second-order valence-corrected chi connectivity index (χ2v) is 5.98. The minimum absolute atomic E-state index is 0.418. The van der Waals surface area contributed by atoms with E-state index in [2.05, 4.69) is 25.4 Å². The predicted molar refractivity (Wildman–Crippen MR) is 102 cm³/mol. The molecular weight excluding hydrogens is 346 g/mol. The lowest BCUT2D eigenvalue weighted by molar-refractivity contribution is 0.863. The summed E-state index contributed by atoms with van der Waals surface area (Å²) in [6, 6.07) is 13.6. The van der Waals surface area contributed by atoms with Crippen LogP contribution in [0.3, 0.4) is 0 Å². The minimum Gasteiger partial charge on any atom is -0.265 e. The van der Waals surface area contributed by atoms with Crippen molar-refractivity contribution < 1.29 is 0 Å². The molecule has 0 aliphatic rings. The summed E-state index contributed by atoms with van der Waals surface area (Å²) < 4.78 is 3.83. The molecule has 0 fully saturated rings. The van der Waals surface area contributed by atoms with Gasteiger partial charge in [-0.2, -0.15) is 20.0 Å². The van der Waals surface area contributed by atoms with E-state index in [1.165, 1.54) is 0 Å². The number of benzene rings is 1. The first-order valence-corrected chi connectivity index (χ1v) is 8.37. The van der Waals surface area contributed by atoms with Crippen molar-refractivity contribution in [2.75, 3.05) is 0 Å². The molecule has 0 aliphatic carbocycles. The molecule has 0 radical (unpaired) electrons. The smallest absolute Gasteiger partial charge is 0.216 e. The highest BCUT2D eigenvalue weighted by Gasteiger charge is 2.09. The molecular formula is C18H15N7S. The first-order chi connectivity index (χ1) is 12.7. The van der Waals surface area contributed by atoms with E-state index >= 15 is 0 Å². The van der Waals surface area contributed by atoms with Gasteiger partial charge in [-0.05, 0) is 43.4 Å². The van der Waals surface area contributed by atoms with Gasteiger partial charge in [-0.15, -0.1) is 0 Å². The number of aromatic amines is 1. The van der Waals surface area contributed by atoms with Gasteiger partial charge in [0.15, 0.2) is 5.82 Å². The number of aryl methyl sites for hydroxylation is 1. The Morgan fingerprint density at radius 3 is 2.65 bits per heavy atom. The van der Waals surface area contributed by atoms with E-state index in [9.17, 15) is 0 Å². The maximum Gasteiger partial charge on any atom is 0.216 e. The summed E-state index contributed by atoms with van der Waals surface area (Å²) in [6.45, 7) is 1.94. The van der Waals surface area contributed by atoms with Gasteiger partial charge in [-0.25, -0.2) is 9.78 Å². The summed E-state index contributed by atoms with van der Waals surface area (Å²) in [7, 11) is 0. The molecule has 0 saturated carbocycles. The van der Waals surface area contributed by atoms with Crippen LogP contribution in [0.25, 0.3) is 17.1 Å². The molecule has 8 heteroatoms. The summed E-state index contributed by atoms with van der Waals surface area (Å²) in [5.74, 6) is 0.627. The normalized spacial score (nSPS) is 11.3. The zero-order valence-electron chi connectivity index (χ0n) is 13.9. The Balaban J connectivity index is 1.69. The maximum absolute atomic E-state index is 5.30. The van der Waals surface area contributed by atoms with Crippen molar-refractivity contribution in [3.05, 3.63) is 77.1 Å². The molecule has 0 saturated heterocycles. The number of hydrogen-bond acceptors (Lipinski definition) is 5. The monoisotopic (exact) mass is 361 g/mol. The second-order valence-electron chi connectivity index (χ2n) is 5.59. The molecule has 128 valence electrons. The fraction of sp³-hybridized carbons (Fsp3) is 0.0556. The summed E-state index contributed by atoms with van der Waals surface area (Å²) in [4.78, 5) is 4.02. The van der Waals surface area contributed by atoms with Gasteiger partial charge >= 0.3 is 0 Å². The van der Waals surface area contributed by atoms with Gasteiger partial charge in [0, 0.05) is 29.7 Å². The third kappa shape index (κ3) is 3.09. The third-order valence-corrected chi connectivity index (χ3v) is 4.12. The molecule has 4 rings (SSSR count). The van der Waals surface area contributed by atoms with Crippen molar-refractivity contribution in [1.82, 2.24) is 29.6 Å².